The van der Waals surface area contributed by atoms with Crippen LogP contribution < -0.4 is 5.32 Å². The van der Waals surface area contributed by atoms with Crippen molar-refractivity contribution >= 4 is 5.91 Å². The summed E-state index contributed by atoms with van der Waals surface area (Å²) in [5.41, 5.74) is 1.41. The maximum atomic E-state index is 13.0. The van der Waals surface area contributed by atoms with Crippen LogP contribution in [0.4, 0.5) is 0 Å². The molecule has 1 aromatic rings. The lowest BCUT2D eigenvalue weighted by molar-refractivity contribution is -0.141. The van der Waals surface area contributed by atoms with Gasteiger partial charge in [-0.15, -0.1) is 0 Å². The minimum absolute atomic E-state index is 0.293. The van der Waals surface area contributed by atoms with Crippen molar-refractivity contribution in [2.45, 2.75) is 31.7 Å². The van der Waals surface area contributed by atoms with Gasteiger partial charge < -0.3 is 15.1 Å². The minimum Gasteiger partial charge on any atom is -0.352 e. The zero-order chi connectivity index (χ0) is 17.5. The van der Waals surface area contributed by atoms with E-state index in [-0.39, 0.29) is 0 Å². The van der Waals surface area contributed by atoms with Gasteiger partial charge in [-0.05, 0) is 49.0 Å². The minimum atomic E-state index is 0.293. The molecule has 5 fully saturated rings. The molecule has 26 heavy (non-hydrogen) atoms. The molecule has 1 aromatic carbocycles. The second-order valence-corrected chi connectivity index (χ2v) is 9.13. The van der Waals surface area contributed by atoms with Crippen molar-refractivity contribution < 1.29 is 4.79 Å². The van der Waals surface area contributed by atoms with Crippen molar-refractivity contribution in [3.8, 4) is 0 Å². The standard InChI is InChI=1S/C22H31N3O/c26-22(21-18-10-17-11-19(21)14-25(12-17)13-18)23-20-7-9-24(15-20)8-6-16-4-2-1-3-5-16/h1-5,17-21H,6-15H2,(H,23,26). The zero-order valence-electron chi connectivity index (χ0n) is 15.6. The Morgan fingerprint density at radius 2 is 1.81 bits per heavy atom. The van der Waals surface area contributed by atoms with Crippen LogP contribution in [-0.2, 0) is 11.2 Å². The summed E-state index contributed by atoms with van der Waals surface area (Å²) in [5.74, 6) is 2.78. The summed E-state index contributed by atoms with van der Waals surface area (Å²) in [6.45, 7) is 6.86. The molecular formula is C22H31N3O. The first-order chi connectivity index (χ1) is 12.7. The molecule has 4 aliphatic heterocycles. The number of likely N-dealkylation sites (tertiary alicyclic amines) is 1. The predicted molar refractivity (Wildman–Crippen MR) is 103 cm³/mol. The first kappa shape index (κ1) is 16.8. The van der Waals surface area contributed by atoms with Crippen LogP contribution in [-0.4, -0.2) is 61.0 Å². The van der Waals surface area contributed by atoms with Gasteiger partial charge in [-0.2, -0.15) is 0 Å². The molecule has 6 rings (SSSR count). The highest BCUT2D eigenvalue weighted by Crippen LogP contribution is 2.47. The smallest absolute Gasteiger partial charge is 0.224 e. The van der Waals surface area contributed by atoms with Crippen molar-refractivity contribution in [3.63, 3.8) is 0 Å². The summed E-state index contributed by atoms with van der Waals surface area (Å²) in [5, 5.41) is 3.44. The number of carbonyl (C=O) groups is 1. The van der Waals surface area contributed by atoms with E-state index in [1.165, 1.54) is 38.0 Å². The average Bonchev–Trinajstić information content (AvgIpc) is 3.07. The van der Waals surface area contributed by atoms with E-state index in [0.29, 0.717) is 29.7 Å². The Morgan fingerprint density at radius 3 is 2.54 bits per heavy atom. The predicted octanol–water partition coefficient (Wildman–Crippen LogP) is 2.01. The van der Waals surface area contributed by atoms with Crippen molar-refractivity contribution in [2.75, 3.05) is 39.3 Å². The molecule has 4 bridgehead atoms. The normalized spacial score (nSPS) is 38.6. The van der Waals surface area contributed by atoms with E-state index in [1.807, 2.05) is 0 Å². The van der Waals surface area contributed by atoms with Gasteiger partial charge >= 0.3 is 0 Å². The molecule has 1 N–H and O–H groups in total. The Hall–Kier alpha value is -1.39. The second kappa shape index (κ2) is 6.97. The lowest BCUT2D eigenvalue weighted by Gasteiger charge is -2.55. The number of nitrogens with zero attached hydrogens (tertiary/aromatic N) is 2. The number of benzene rings is 1. The van der Waals surface area contributed by atoms with Crippen molar-refractivity contribution in [1.29, 1.82) is 0 Å². The molecule has 1 aliphatic carbocycles. The quantitative estimate of drug-likeness (QED) is 0.880. The molecule has 3 atom stereocenters. The van der Waals surface area contributed by atoms with Crippen molar-refractivity contribution in [1.82, 2.24) is 15.1 Å². The molecule has 140 valence electrons. The molecule has 4 nitrogen and oxygen atoms in total. The fourth-order valence-electron chi connectivity index (χ4n) is 6.22. The van der Waals surface area contributed by atoms with Gasteiger partial charge in [0.1, 0.15) is 0 Å². The molecule has 0 radical (unpaired) electrons. The Labute approximate surface area is 156 Å². The molecule has 0 aromatic heterocycles. The summed E-state index contributed by atoms with van der Waals surface area (Å²) >= 11 is 0. The summed E-state index contributed by atoms with van der Waals surface area (Å²) in [6, 6.07) is 11.1. The summed E-state index contributed by atoms with van der Waals surface area (Å²) in [6.07, 6.45) is 4.79. The average molecular weight is 354 g/mol. The topological polar surface area (TPSA) is 35.6 Å². The van der Waals surface area contributed by atoms with Crippen LogP contribution in [0.5, 0.6) is 0 Å². The molecule has 3 unspecified atom stereocenters. The van der Waals surface area contributed by atoms with E-state index < -0.39 is 0 Å². The van der Waals surface area contributed by atoms with Crippen LogP contribution >= 0.6 is 0 Å². The van der Waals surface area contributed by atoms with Gasteiger partial charge in [0.2, 0.25) is 5.91 Å². The number of carbonyl (C=O) groups excluding carboxylic acids is 1. The highest BCUT2D eigenvalue weighted by molar-refractivity contribution is 5.80. The number of rotatable bonds is 5. The number of hydrogen-bond acceptors (Lipinski definition) is 3. The fraction of sp³-hybridized carbons (Fsp3) is 0.682. The Bertz CT molecular complexity index is 618. The number of hydrogen-bond donors (Lipinski definition) is 1. The summed E-state index contributed by atoms with van der Waals surface area (Å²) < 4.78 is 0. The lowest BCUT2D eigenvalue weighted by Crippen LogP contribution is -2.61. The Balaban J connectivity index is 1.12. The van der Waals surface area contributed by atoms with Gasteiger partial charge in [-0.1, -0.05) is 30.3 Å². The molecule has 4 heteroatoms. The first-order valence-electron chi connectivity index (χ1n) is 10.5. The van der Waals surface area contributed by atoms with E-state index in [9.17, 15) is 4.79 Å². The van der Waals surface area contributed by atoms with E-state index in [1.54, 1.807) is 0 Å². The van der Waals surface area contributed by atoms with Crippen LogP contribution in [0.1, 0.15) is 24.8 Å². The monoisotopic (exact) mass is 353 g/mol. The lowest BCUT2D eigenvalue weighted by atomic mass is 9.61. The van der Waals surface area contributed by atoms with Crippen LogP contribution in [0.15, 0.2) is 30.3 Å². The second-order valence-electron chi connectivity index (χ2n) is 9.13. The largest absolute Gasteiger partial charge is 0.352 e. The Morgan fingerprint density at radius 1 is 1.04 bits per heavy atom. The van der Waals surface area contributed by atoms with Gasteiger partial charge in [0.25, 0.3) is 0 Å². The van der Waals surface area contributed by atoms with Gasteiger partial charge in [0, 0.05) is 51.2 Å². The van der Waals surface area contributed by atoms with E-state index in [0.717, 1.165) is 38.4 Å². The molecule has 5 aliphatic rings. The van der Waals surface area contributed by atoms with Gasteiger partial charge in [0.15, 0.2) is 0 Å². The Kier molecular flexibility index (Phi) is 4.49. The summed E-state index contributed by atoms with van der Waals surface area (Å²) in [7, 11) is 0. The van der Waals surface area contributed by atoms with Crippen LogP contribution in [0.3, 0.4) is 0 Å². The third kappa shape index (κ3) is 3.29. The fourth-order valence-corrected chi connectivity index (χ4v) is 6.22. The number of amides is 1. The maximum absolute atomic E-state index is 13.0. The molecule has 4 heterocycles. The van der Waals surface area contributed by atoms with Crippen LogP contribution in [0, 0.1) is 23.7 Å². The van der Waals surface area contributed by atoms with Crippen molar-refractivity contribution in [3.05, 3.63) is 35.9 Å². The molecule has 4 saturated heterocycles. The first-order valence-corrected chi connectivity index (χ1v) is 10.5. The summed E-state index contributed by atoms with van der Waals surface area (Å²) in [4.78, 5) is 18.2. The molecule has 1 amide bonds. The zero-order valence-corrected chi connectivity index (χ0v) is 15.6. The van der Waals surface area contributed by atoms with Crippen molar-refractivity contribution in [2.24, 2.45) is 23.7 Å². The highest BCUT2D eigenvalue weighted by atomic mass is 16.2. The van der Waals surface area contributed by atoms with Crippen LogP contribution in [0.2, 0.25) is 0 Å². The van der Waals surface area contributed by atoms with E-state index >= 15 is 0 Å². The highest BCUT2D eigenvalue weighted by Gasteiger charge is 2.50. The van der Waals surface area contributed by atoms with Crippen LogP contribution in [0.25, 0.3) is 0 Å². The SMILES string of the molecule is O=C(NC1CCN(CCc2ccccc2)C1)C1C2CC3CC1CN(C3)C2. The van der Waals surface area contributed by atoms with Gasteiger partial charge in [-0.3, -0.25) is 4.79 Å². The van der Waals surface area contributed by atoms with Gasteiger partial charge in [-0.25, -0.2) is 0 Å². The van der Waals surface area contributed by atoms with E-state index in [2.05, 4.69) is 45.4 Å². The molecule has 0 spiro atoms. The molecule has 1 saturated carbocycles. The van der Waals surface area contributed by atoms with E-state index in [4.69, 9.17) is 0 Å². The number of nitrogens with one attached hydrogen (secondary N) is 1. The molecular weight excluding hydrogens is 322 g/mol. The van der Waals surface area contributed by atoms with Gasteiger partial charge in [0.05, 0.1) is 0 Å². The maximum Gasteiger partial charge on any atom is 0.224 e. The number of piperidine rings is 3. The third-order valence-electron chi connectivity index (χ3n) is 7.27. The third-order valence-corrected chi connectivity index (χ3v) is 7.27.